The quantitative estimate of drug-likeness (QED) is 0.548. The van der Waals surface area contributed by atoms with Gasteiger partial charge in [-0.3, -0.25) is 5.10 Å². The molecular formula is C18H21ClN4O3S. The fourth-order valence-electron chi connectivity index (χ4n) is 2.06. The second kappa shape index (κ2) is 9.67. The van der Waals surface area contributed by atoms with E-state index in [2.05, 4.69) is 15.5 Å². The van der Waals surface area contributed by atoms with Crippen LogP contribution >= 0.6 is 23.8 Å². The van der Waals surface area contributed by atoms with Crippen LogP contribution in [0.5, 0.6) is 11.6 Å². The second-order valence-corrected chi connectivity index (χ2v) is 7.41. The summed E-state index contributed by atoms with van der Waals surface area (Å²) in [6.07, 6.45) is -0.777. The standard InChI is InChI=1S/C18H21ClN4O3S/c1-18(2,11-26-16-5-6-17(27)23-22-16)21-9-14(24)10-25-15-7-13(19)4-3-12(15)8-20/h3-7,14,21,24H,9-11H2,1-2H3,(H,23,27). The number of ether oxygens (including phenoxy) is 2. The van der Waals surface area contributed by atoms with Gasteiger partial charge in [0.05, 0.1) is 5.56 Å². The first-order valence-electron chi connectivity index (χ1n) is 8.23. The van der Waals surface area contributed by atoms with Gasteiger partial charge in [0.1, 0.15) is 35.8 Å². The van der Waals surface area contributed by atoms with Gasteiger partial charge >= 0.3 is 0 Å². The third-order valence-electron chi connectivity index (χ3n) is 3.55. The van der Waals surface area contributed by atoms with Crippen LogP contribution in [0.15, 0.2) is 30.3 Å². The number of aliphatic hydroxyl groups excluding tert-OH is 1. The Hall–Kier alpha value is -2.18. The topological polar surface area (TPSA) is 103 Å². The number of nitrogens with one attached hydrogen (secondary N) is 2. The molecule has 0 bridgehead atoms. The molecule has 0 saturated carbocycles. The van der Waals surface area contributed by atoms with Crippen LogP contribution in [0.1, 0.15) is 19.4 Å². The van der Waals surface area contributed by atoms with Gasteiger partial charge in [0, 0.05) is 29.2 Å². The Morgan fingerprint density at radius 1 is 1.37 bits per heavy atom. The number of aromatic nitrogens is 2. The van der Waals surface area contributed by atoms with Gasteiger partial charge in [-0.15, -0.1) is 5.10 Å². The summed E-state index contributed by atoms with van der Waals surface area (Å²) in [4.78, 5) is 0. The van der Waals surface area contributed by atoms with Crippen LogP contribution in [-0.4, -0.2) is 46.7 Å². The number of nitrogens with zero attached hydrogens (tertiary/aromatic N) is 2. The van der Waals surface area contributed by atoms with E-state index in [0.29, 0.717) is 33.5 Å². The van der Waals surface area contributed by atoms with E-state index in [-0.39, 0.29) is 13.2 Å². The summed E-state index contributed by atoms with van der Waals surface area (Å²) in [7, 11) is 0. The van der Waals surface area contributed by atoms with Gasteiger partial charge in [0.2, 0.25) is 5.88 Å². The minimum Gasteiger partial charge on any atom is -0.489 e. The molecule has 0 aliphatic heterocycles. The molecule has 0 aliphatic carbocycles. The molecular weight excluding hydrogens is 388 g/mol. The highest BCUT2D eigenvalue weighted by Crippen LogP contribution is 2.22. The molecule has 1 atom stereocenters. The molecule has 1 aromatic carbocycles. The lowest BCUT2D eigenvalue weighted by Gasteiger charge is -2.27. The van der Waals surface area contributed by atoms with Crippen molar-refractivity contribution in [3.8, 4) is 17.7 Å². The molecule has 3 N–H and O–H groups in total. The van der Waals surface area contributed by atoms with E-state index in [0.717, 1.165) is 0 Å². The van der Waals surface area contributed by atoms with Crippen molar-refractivity contribution in [2.45, 2.75) is 25.5 Å². The van der Waals surface area contributed by atoms with Gasteiger partial charge in [-0.25, -0.2) is 0 Å². The van der Waals surface area contributed by atoms with Crippen molar-refractivity contribution in [1.29, 1.82) is 5.26 Å². The summed E-state index contributed by atoms with van der Waals surface area (Å²) in [5.41, 5.74) is -0.0499. The first-order valence-corrected chi connectivity index (χ1v) is 9.02. The van der Waals surface area contributed by atoms with Crippen LogP contribution in [0.2, 0.25) is 5.02 Å². The average molecular weight is 409 g/mol. The lowest BCUT2D eigenvalue weighted by molar-refractivity contribution is 0.0921. The van der Waals surface area contributed by atoms with Crippen molar-refractivity contribution < 1.29 is 14.6 Å². The number of aliphatic hydroxyl groups is 1. The summed E-state index contributed by atoms with van der Waals surface area (Å²) in [5, 5.41) is 29.5. The third-order valence-corrected chi connectivity index (χ3v) is 4.01. The predicted octanol–water partition coefficient (Wildman–Crippen LogP) is 2.85. The molecule has 1 heterocycles. The Labute approximate surface area is 167 Å². The second-order valence-electron chi connectivity index (χ2n) is 6.53. The molecule has 0 aliphatic rings. The zero-order valence-electron chi connectivity index (χ0n) is 15.0. The van der Waals surface area contributed by atoms with Crippen molar-refractivity contribution in [2.75, 3.05) is 19.8 Å². The number of benzene rings is 1. The highest BCUT2D eigenvalue weighted by molar-refractivity contribution is 7.71. The van der Waals surface area contributed by atoms with Crippen LogP contribution in [0, 0.1) is 16.0 Å². The molecule has 27 heavy (non-hydrogen) atoms. The van der Waals surface area contributed by atoms with E-state index in [1.807, 2.05) is 19.9 Å². The lowest BCUT2D eigenvalue weighted by atomic mass is 10.1. The maximum atomic E-state index is 10.1. The Morgan fingerprint density at radius 3 is 2.81 bits per heavy atom. The predicted molar refractivity (Wildman–Crippen MR) is 105 cm³/mol. The molecule has 144 valence electrons. The maximum absolute atomic E-state index is 10.1. The summed E-state index contributed by atoms with van der Waals surface area (Å²) >= 11 is 10.8. The summed E-state index contributed by atoms with van der Waals surface area (Å²) in [5.74, 6) is 0.784. The largest absolute Gasteiger partial charge is 0.489 e. The molecule has 1 unspecified atom stereocenters. The molecule has 2 aromatic rings. The highest BCUT2D eigenvalue weighted by Gasteiger charge is 2.20. The van der Waals surface area contributed by atoms with Gasteiger partial charge in [-0.05, 0) is 32.0 Å². The SMILES string of the molecule is CC(C)(COc1ccc(=S)[nH]n1)NCC(O)COc1cc(Cl)ccc1C#N. The number of β-amino-alcohol motifs (C(OH)–C–C–N with tert-alkyl or cyclic N) is 1. The van der Waals surface area contributed by atoms with Crippen molar-refractivity contribution in [3.63, 3.8) is 0 Å². The lowest BCUT2D eigenvalue weighted by Crippen LogP contribution is -2.48. The van der Waals surface area contributed by atoms with Gasteiger partial charge in [0.15, 0.2) is 0 Å². The smallest absolute Gasteiger partial charge is 0.231 e. The molecule has 0 amide bonds. The van der Waals surface area contributed by atoms with Gasteiger partial charge in [0.25, 0.3) is 0 Å². The number of halogens is 1. The Bertz CT molecular complexity index is 846. The van der Waals surface area contributed by atoms with Crippen molar-refractivity contribution in [2.24, 2.45) is 0 Å². The van der Waals surface area contributed by atoms with Crippen molar-refractivity contribution in [1.82, 2.24) is 15.5 Å². The van der Waals surface area contributed by atoms with E-state index in [1.54, 1.807) is 30.3 Å². The normalized spacial score (nSPS) is 12.3. The zero-order valence-corrected chi connectivity index (χ0v) is 16.6. The molecule has 0 saturated heterocycles. The average Bonchev–Trinajstić information content (AvgIpc) is 2.64. The number of hydrogen-bond acceptors (Lipinski definition) is 7. The third kappa shape index (κ3) is 7.15. The van der Waals surface area contributed by atoms with Crippen molar-refractivity contribution >= 4 is 23.8 Å². The first-order chi connectivity index (χ1) is 12.8. The monoisotopic (exact) mass is 408 g/mol. The van der Waals surface area contributed by atoms with Crippen LogP contribution in [-0.2, 0) is 0 Å². The van der Waals surface area contributed by atoms with E-state index in [1.165, 1.54) is 0 Å². The number of nitriles is 1. The van der Waals surface area contributed by atoms with Gasteiger partial charge < -0.3 is 19.9 Å². The number of H-pyrrole nitrogens is 1. The summed E-state index contributed by atoms with van der Waals surface area (Å²) < 4.78 is 11.7. The Balaban J connectivity index is 1.79. The molecule has 1 aromatic heterocycles. The molecule has 2 rings (SSSR count). The van der Waals surface area contributed by atoms with E-state index in [4.69, 9.17) is 38.6 Å². The summed E-state index contributed by atoms with van der Waals surface area (Å²) in [6, 6.07) is 10.2. The van der Waals surface area contributed by atoms with Gasteiger partial charge in [-0.1, -0.05) is 23.8 Å². The fourth-order valence-corrected chi connectivity index (χ4v) is 2.34. The minimum atomic E-state index is -0.777. The van der Waals surface area contributed by atoms with E-state index in [9.17, 15) is 5.11 Å². The van der Waals surface area contributed by atoms with Crippen molar-refractivity contribution in [3.05, 3.63) is 45.6 Å². The number of hydrogen-bond donors (Lipinski definition) is 3. The molecule has 7 nitrogen and oxygen atoms in total. The zero-order chi connectivity index (χ0) is 19.9. The molecule has 0 spiro atoms. The van der Waals surface area contributed by atoms with E-state index < -0.39 is 11.6 Å². The first kappa shape index (κ1) is 21.1. The van der Waals surface area contributed by atoms with Crippen LogP contribution in [0.3, 0.4) is 0 Å². The minimum absolute atomic E-state index is 0.0236. The molecule has 0 fully saturated rings. The van der Waals surface area contributed by atoms with Crippen LogP contribution in [0.25, 0.3) is 0 Å². The maximum Gasteiger partial charge on any atom is 0.231 e. The Kier molecular flexibility index (Phi) is 7.56. The fraction of sp³-hybridized carbons (Fsp3) is 0.389. The Morgan fingerprint density at radius 2 is 2.15 bits per heavy atom. The number of aromatic amines is 1. The molecule has 9 heteroatoms. The number of rotatable bonds is 9. The van der Waals surface area contributed by atoms with E-state index >= 15 is 0 Å². The van der Waals surface area contributed by atoms with Gasteiger partial charge in [-0.2, -0.15) is 5.26 Å². The molecule has 0 radical (unpaired) electrons. The van der Waals surface area contributed by atoms with Crippen LogP contribution in [0.4, 0.5) is 0 Å². The van der Waals surface area contributed by atoms with Crippen LogP contribution < -0.4 is 14.8 Å². The highest BCUT2D eigenvalue weighted by atomic mass is 35.5. The summed E-state index contributed by atoms with van der Waals surface area (Å²) in [6.45, 7) is 4.53.